The van der Waals surface area contributed by atoms with Gasteiger partial charge in [-0.1, -0.05) is 0 Å². The van der Waals surface area contributed by atoms with Crippen LogP contribution in [-0.4, -0.2) is 71.7 Å². The van der Waals surface area contributed by atoms with Crippen molar-refractivity contribution >= 4 is 23.5 Å². The minimum atomic E-state index is -4.76. The molecule has 2 aliphatic heterocycles. The first kappa shape index (κ1) is 24.2. The maximum absolute atomic E-state index is 12.4. The predicted molar refractivity (Wildman–Crippen MR) is 122 cm³/mol. The molecule has 2 saturated heterocycles. The summed E-state index contributed by atoms with van der Waals surface area (Å²) in [6, 6.07) is 4.76. The van der Waals surface area contributed by atoms with Crippen molar-refractivity contribution < 1.29 is 17.9 Å². The highest BCUT2D eigenvalue weighted by Gasteiger charge is 2.31. The molecule has 4 unspecified atom stereocenters. The molecule has 1 aromatic heterocycles. The lowest BCUT2D eigenvalue weighted by Crippen LogP contribution is -2.54. The fourth-order valence-corrected chi connectivity index (χ4v) is 4.25. The molecule has 3 heterocycles. The summed E-state index contributed by atoms with van der Waals surface area (Å²) < 4.78 is 41.2. The Morgan fingerprint density at radius 2 is 1.21 bits per heavy atom. The lowest BCUT2D eigenvalue weighted by Gasteiger charge is -2.37. The number of rotatable bonds is 5. The van der Waals surface area contributed by atoms with Gasteiger partial charge in [-0.05, 0) is 37.1 Å². The number of alkyl halides is 3. The summed E-state index contributed by atoms with van der Waals surface area (Å²) in [4.78, 5) is 17.5. The summed E-state index contributed by atoms with van der Waals surface area (Å²) in [6.07, 6.45) is -3.37. The van der Waals surface area contributed by atoms with E-state index >= 15 is 0 Å². The molecule has 2 aliphatic rings. The van der Waals surface area contributed by atoms with Crippen LogP contribution in [0, 0.1) is 0 Å². The van der Waals surface area contributed by atoms with Gasteiger partial charge in [0.25, 0.3) is 0 Å². The molecule has 0 amide bonds. The Morgan fingerprint density at radius 1 is 0.765 bits per heavy atom. The smallest absolute Gasteiger partial charge is 0.406 e. The fraction of sp³-hybridized carbons (Fsp3) is 0.550. The molecular weight excluding hydrogens is 453 g/mol. The Morgan fingerprint density at radius 3 is 1.62 bits per heavy atom. The highest BCUT2D eigenvalue weighted by molar-refractivity contribution is 5.57. The second-order valence-electron chi connectivity index (χ2n) is 8.78. The first-order valence-corrected chi connectivity index (χ1v) is 10.9. The first-order chi connectivity index (χ1) is 16.0. The maximum atomic E-state index is 12.4. The zero-order valence-corrected chi connectivity index (χ0v) is 18.4. The van der Waals surface area contributed by atoms with Gasteiger partial charge < -0.3 is 42.8 Å². The molecule has 0 aliphatic carbocycles. The van der Waals surface area contributed by atoms with E-state index in [0.717, 1.165) is 0 Å². The molecule has 0 bridgehead atoms. The molecule has 11 nitrogen and oxygen atoms in total. The number of halogens is 3. The topological polar surface area (TPSA) is 170 Å². The molecular formula is C20H29F3N10O. The second kappa shape index (κ2) is 9.74. The zero-order chi connectivity index (χ0) is 24.5. The van der Waals surface area contributed by atoms with Crippen LogP contribution >= 0.6 is 0 Å². The minimum absolute atomic E-state index is 0.126. The van der Waals surface area contributed by atoms with Crippen LogP contribution in [0.25, 0.3) is 0 Å². The number of hydrogen-bond donors (Lipinski definition) is 5. The maximum Gasteiger partial charge on any atom is 0.573 e. The van der Waals surface area contributed by atoms with Crippen LogP contribution in [0.2, 0.25) is 0 Å². The van der Waals surface area contributed by atoms with E-state index in [1.165, 1.54) is 24.3 Å². The van der Waals surface area contributed by atoms with Crippen molar-refractivity contribution in [1.29, 1.82) is 0 Å². The van der Waals surface area contributed by atoms with Crippen molar-refractivity contribution in [3.63, 3.8) is 0 Å². The Bertz CT molecular complexity index is 912. The number of ether oxygens (including phenoxy) is 1. The first-order valence-electron chi connectivity index (χ1n) is 10.9. The Labute approximate surface area is 194 Å². The normalized spacial score (nSPS) is 25.9. The Balaban J connectivity index is 1.61. The molecule has 2 aromatic rings. The number of piperidine rings is 2. The van der Waals surface area contributed by atoms with Gasteiger partial charge in [0.15, 0.2) is 0 Å². The van der Waals surface area contributed by atoms with Gasteiger partial charge in [-0.15, -0.1) is 13.2 Å². The minimum Gasteiger partial charge on any atom is -0.406 e. The van der Waals surface area contributed by atoms with Crippen molar-refractivity contribution in [1.82, 2.24) is 15.0 Å². The molecule has 0 spiro atoms. The van der Waals surface area contributed by atoms with E-state index in [9.17, 15) is 13.2 Å². The van der Waals surface area contributed by atoms with Crippen molar-refractivity contribution in [2.75, 3.05) is 41.3 Å². The zero-order valence-electron chi connectivity index (χ0n) is 18.4. The third kappa shape index (κ3) is 6.34. The average Bonchev–Trinajstić information content (AvgIpc) is 2.72. The summed E-state index contributed by atoms with van der Waals surface area (Å²) in [6.45, 7) is 2.11. The van der Waals surface area contributed by atoms with Gasteiger partial charge in [0.1, 0.15) is 5.75 Å². The fourth-order valence-electron chi connectivity index (χ4n) is 4.25. The number of nitrogens with one attached hydrogen (secondary N) is 1. The monoisotopic (exact) mass is 482 g/mol. The molecule has 9 N–H and O–H groups in total. The number of aromatic nitrogens is 3. The van der Waals surface area contributed by atoms with Gasteiger partial charge in [-0.3, -0.25) is 0 Å². The van der Waals surface area contributed by atoms with E-state index in [4.69, 9.17) is 22.9 Å². The third-order valence-electron chi connectivity index (χ3n) is 5.55. The number of hydrogen-bond acceptors (Lipinski definition) is 11. The van der Waals surface area contributed by atoms with Crippen LogP contribution in [0.15, 0.2) is 24.3 Å². The van der Waals surface area contributed by atoms with Gasteiger partial charge in [-0.2, -0.15) is 15.0 Å². The quantitative estimate of drug-likeness (QED) is 0.395. The highest BCUT2D eigenvalue weighted by Crippen LogP contribution is 2.26. The van der Waals surface area contributed by atoms with Crippen LogP contribution in [0.1, 0.15) is 12.8 Å². The molecule has 14 heteroatoms. The third-order valence-corrected chi connectivity index (χ3v) is 5.55. The van der Waals surface area contributed by atoms with Crippen molar-refractivity contribution in [3.05, 3.63) is 24.3 Å². The summed E-state index contributed by atoms with van der Waals surface area (Å²) in [7, 11) is 0. The van der Waals surface area contributed by atoms with Crippen LogP contribution < -0.4 is 42.8 Å². The highest BCUT2D eigenvalue weighted by atomic mass is 19.4. The van der Waals surface area contributed by atoms with Crippen LogP contribution in [0.4, 0.5) is 36.7 Å². The van der Waals surface area contributed by atoms with Crippen molar-refractivity contribution in [2.45, 2.75) is 43.4 Å². The number of nitrogens with zero attached hydrogens (tertiary/aromatic N) is 5. The van der Waals surface area contributed by atoms with E-state index in [2.05, 4.69) is 25.0 Å². The van der Waals surface area contributed by atoms with Crippen LogP contribution in [0.5, 0.6) is 5.75 Å². The van der Waals surface area contributed by atoms with Crippen molar-refractivity contribution in [2.24, 2.45) is 22.9 Å². The predicted octanol–water partition coefficient (Wildman–Crippen LogP) is 0.243. The standard InChI is InChI=1S/C20H29F3N10O/c21-20(22,23)34-16-3-1-15(2-4-16)28-17-29-18(32-7-11(24)5-12(25)8-32)31-19(30-17)33-9-13(26)6-14(27)10-33/h1-4,11-14H,5-10,24-27H2,(H,28,29,30,31). The number of anilines is 4. The second-order valence-corrected chi connectivity index (χ2v) is 8.78. The number of nitrogens with two attached hydrogens (primary N) is 4. The van der Waals surface area contributed by atoms with E-state index < -0.39 is 6.36 Å². The molecule has 1 aromatic carbocycles. The molecule has 2 fully saturated rings. The van der Waals surface area contributed by atoms with Crippen LogP contribution in [-0.2, 0) is 0 Å². The summed E-state index contributed by atoms with van der Waals surface area (Å²) in [5.74, 6) is 0.665. The summed E-state index contributed by atoms with van der Waals surface area (Å²) in [5.41, 5.74) is 25.1. The Hall–Kier alpha value is -2.94. The molecule has 4 atom stereocenters. The van der Waals surface area contributed by atoms with E-state index in [0.29, 0.717) is 56.6 Å². The largest absolute Gasteiger partial charge is 0.573 e. The van der Waals surface area contributed by atoms with E-state index in [1.54, 1.807) is 0 Å². The van der Waals surface area contributed by atoms with Gasteiger partial charge >= 0.3 is 6.36 Å². The van der Waals surface area contributed by atoms with Crippen molar-refractivity contribution in [3.8, 4) is 5.75 Å². The number of benzene rings is 1. The van der Waals surface area contributed by atoms with Gasteiger partial charge in [-0.25, -0.2) is 0 Å². The van der Waals surface area contributed by atoms with Gasteiger partial charge in [0.05, 0.1) is 0 Å². The molecule has 34 heavy (non-hydrogen) atoms. The summed E-state index contributed by atoms with van der Waals surface area (Å²) in [5, 5.41) is 3.02. The lowest BCUT2D eigenvalue weighted by atomic mass is 10.0. The molecule has 0 radical (unpaired) electrons. The SMILES string of the molecule is NC1CC(N)CN(c2nc(Nc3ccc(OC(F)(F)F)cc3)nc(N3CC(N)CC(N)C3)n2)C1. The molecule has 186 valence electrons. The van der Waals surface area contributed by atoms with Crippen LogP contribution in [0.3, 0.4) is 0 Å². The molecule has 4 rings (SSSR count). The van der Waals surface area contributed by atoms with Gasteiger partial charge in [0, 0.05) is 56.0 Å². The Kier molecular flexibility index (Phi) is 6.93. The lowest BCUT2D eigenvalue weighted by molar-refractivity contribution is -0.274. The summed E-state index contributed by atoms with van der Waals surface area (Å²) >= 11 is 0. The van der Waals surface area contributed by atoms with E-state index in [-0.39, 0.29) is 35.9 Å². The van der Waals surface area contributed by atoms with E-state index in [1.807, 2.05) is 9.80 Å². The average molecular weight is 483 g/mol. The molecule has 0 saturated carbocycles. The van der Waals surface area contributed by atoms with Gasteiger partial charge in [0.2, 0.25) is 17.8 Å².